The SMILES string of the molecule is CC1CCC(C2CCC(C(=O)Oc3ccc(O)c4c3SC(=C3C(O)NC(=O)NC3O)S4)CC2)CC1. The molecule has 0 spiro atoms. The molecule has 1 aromatic carbocycles. The molecule has 0 aromatic heterocycles. The molecule has 1 saturated heterocycles. The lowest BCUT2D eigenvalue weighted by Gasteiger charge is -2.36. The van der Waals surface area contributed by atoms with Gasteiger partial charge in [-0.05, 0) is 68.4 Å². The van der Waals surface area contributed by atoms with Crippen LogP contribution in [0.3, 0.4) is 0 Å². The van der Waals surface area contributed by atoms with Gasteiger partial charge in [-0.15, -0.1) is 0 Å². The summed E-state index contributed by atoms with van der Waals surface area (Å²) < 4.78 is 6.34. The van der Waals surface area contributed by atoms with Crippen molar-refractivity contribution in [3.8, 4) is 11.5 Å². The van der Waals surface area contributed by atoms with E-state index in [1.165, 1.54) is 43.5 Å². The maximum absolute atomic E-state index is 13.1. The normalized spacial score (nSPS) is 33.1. The van der Waals surface area contributed by atoms with E-state index in [1.807, 2.05) is 0 Å². The van der Waals surface area contributed by atoms with Gasteiger partial charge in [-0.25, -0.2) is 4.79 Å². The number of carbonyl (C=O) groups is 2. The molecule has 0 bridgehead atoms. The molecule has 2 aliphatic carbocycles. The zero-order valence-electron chi connectivity index (χ0n) is 19.7. The number of aliphatic hydroxyl groups is 2. The summed E-state index contributed by atoms with van der Waals surface area (Å²) in [4.78, 5) is 25.6. The summed E-state index contributed by atoms with van der Waals surface area (Å²) in [5, 5.41) is 35.5. The van der Waals surface area contributed by atoms with Crippen LogP contribution in [-0.4, -0.2) is 39.8 Å². The average Bonchev–Trinajstić information content (AvgIpc) is 3.27. The molecule has 35 heavy (non-hydrogen) atoms. The Morgan fingerprint density at radius 2 is 1.49 bits per heavy atom. The molecule has 2 unspecified atom stereocenters. The van der Waals surface area contributed by atoms with Crippen molar-refractivity contribution in [3.05, 3.63) is 21.9 Å². The van der Waals surface area contributed by atoms with Crippen molar-refractivity contribution in [2.75, 3.05) is 0 Å². The first-order valence-electron chi connectivity index (χ1n) is 12.4. The minimum absolute atomic E-state index is 0.0204. The van der Waals surface area contributed by atoms with Gasteiger partial charge in [0, 0.05) is 5.57 Å². The van der Waals surface area contributed by atoms with Gasteiger partial charge in [0.05, 0.1) is 19.9 Å². The van der Waals surface area contributed by atoms with E-state index in [4.69, 9.17) is 4.74 Å². The summed E-state index contributed by atoms with van der Waals surface area (Å²) >= 11 is 2.36. The first kappa shape index (κ1) is 24.8. The Hall–Kier alpha value is -1.88. The molecular weight excluding hydrogens is 488 g/mol. The van der Waals surface area contributed by atoms with Gasteiger partial charge in [0.15, 0.2) is 12.5 Å². The Labute approximate surface area is 213 Å². The van der Waals surface area contributed by atoms with Crippen LogP contribution >= 0.6 is 23.5 Å². The van der Waals surface area contributed by atoms with Crippen LogP contribution in [0.25, 0.3) is 0 Å². The number of phenols is 1. The summed E-state index contributed by atoms with van der Waals surface area (Å²) in [7, 11) is 0. The number of thioether (sulfide) groups is 2. The van der Waals surface area contributed by atoms with Crippen LogP contribution in [0.15, 0.2) is 31.7 Å². The number of carbonyl (C=O) groups excluding carboxylic acids is 2. The molecule has 5 rings (SSSR count). The second-order valence-electron chi connectivity index (χ2n) is 10.2. The van der Waals surface area contributed by atoms with Crippen LogP contribution in [0.1, 0.15) is 58.3 Å². The maximum atomic E-state index is 13.1. The quantitative estimate of drug-likeness (QED) is 0.295. The minimum Gasteiger partial charge on any atom is -0.507 e. The van der Waals surface area contributed by atoms with Crippen LogP contribution in [0.4, 0.5) is 4.79 Å². The Morgan fingerprint density at radius 1 is 0.914 bits per heavy atom. The summed E-state index contributed by atoms with van der Waals surface area (Å²) in [6, 6.07) is 2.39. The van der Waals surface area contributed by atoms with E-state index in [-0.39, 0.29) is 23.2 Å². The monoisotopic (exact) mass is 520 g/mol. The number of nitrogens with one attached hydrogen (secondary N) is 2. The molecule has 2 aliphatic heterocycles. The van der Waals surface area contributed by atoms with Gasteiger partial charge in [0.1, 0.15) is 11.5 Å². The van der Waals surface area contributed by atoms with Gasteiger partial charge in [0.25, 0.3) is 0 Å². The zero-order chi connectivity index (χ0) is 24.7. The lowest BCUT2D eigenvalue weighted by molar-refractivity contribution is -0.140. The summed E-state index contributed by atoms with van der Waals surface area (Å²) in [6.07, 6.45) is 6.38. The fourth-order valence-electron chi connectivity index (χ4n) is 5.73. The van der Waals surface area contributed by atoms with Gasteiger partial charge in [0.2, 0.25) is 0 Å². The highest BCUT2D eigenvalue weighted by Gasteiger charge is 2.37. The molecule has 3 fully saturated rings. The van der Waals surface area contributed by atoms with E-state index in [0.29, 0.717) is 25.7 Å². The Kier molecular flexibility index (Phi) is 7.25. The molecule has 2 heterocycles. The van der Waals surface area contributed by atoms with Gasteiger partial charge >= 0.3 is 12.0 Å². The fraction of sp³-hybridized carbons (Fsp3) is 0.600. The molecule has 4 aliphatic rings. The van der Waals surface area contributed by atoms with Crippen molar-refractivity contribution in [2.24, 2.45) is 23.7 Å². The molecule has 2 saturated carbocycles. The molecule has 190 valence electrons. The van der Waals surface area contributed by atoms with Crippen molar-refractivity contribution in [3.63, 3.8) is 0 Å². The van der Waals surface area contributed by atoms with Crippen molar-refractivity contribution in [1.29, 1.82) is 0 Å². The Balaban J connectivity index is 1.25. The number of urea groups is 1. The number of hydrogen-bond donors (Lipinski definition) is 5. The number of hydrogen-bond acceptors (Lipinski definition) is 8. The average molecular weight is 521 g/mol. The highest BCUT2D eigenvalue weighted by atomic mass is 32.2. The third-order valence-corrected chi connectivity index (χ3v) is 10.5. The molecular formula is C25H32N2O6S2. The Bertz CT molecular complexity index is 1020. The van der Waals surface area contributed by atoms with Gasteiger partial charge < -0.3 is 30.7 Å². The summed E-state index contributed by atoms with van der Waals surface area (Å²) in [6.45, 7) is 2.34. The first-order chi connectivity index (χ1) is 16.8. The van der Waals surface area contributed by atoms with Crippen LogP contribution in [0.5, 0.6) is 11.5 Å². The number of benzene rings is 1. The Morgan fingerprint density at radius 3 is 2.11 bits per heavy atom. The van der Waals surface area contributed by atoms with Gasteiger partial charge in [-0.2, -0.15) is 0 Å². The van der Waals surface area contributed by atoms with E-state index in [2.05, 4.69) is 17.6 Å². The van der Waals surface area contributed by atoms with E-state index < -0.39 is 18.5 Å². The predicted molar refractivity (Wildman–Crippen MR) is 133 cm³/mol. The van der Waals surface area contributed by atoms with Crippen LogP contribution in [0, 0.1) is 23.7 Å². The highest BCUT2D eigenvalue weighted by molar-refractivity contribution is 8.24. The second-order valence-corrected chi connectivity index (χ2v) is 12.5. The number of amides is 2. The van der Waals surface area contributed by atoms with Crippen molar-refractivity contribution in [1.82, 2.24) is 10.6 Å². The minimum atomic E-state index is -1.36. The number of aromatic hydroxyl groups is 1. The molecule has 5 N–H and O–H groups in total. The third-order valence-electron chi connectivity index (χ3n) is 7.85. The van der Waals surface area contributed by atoms with Crippen LogP contribution in [0.2, 0.25) is 0 Å². The number of esters is 1. The standard InChI is InChI=1S/C25H32N2O6S2/c1-12-2-4-13(5-3-12)14-6-8-15(9-7-14)23(31)33-17-11-10-16(28)19-20(17)35-24(34-19)18-21(29)26-25(32)27-22(18)30/h10-15,21-22,28-30H,2-9H2,1H3,(H2,26,27,32). The molecule has 8 nitrogen and oxygen atoms in total. The van der Waals surface area contributed by atoms with Crippen molar-refractivity contribution < 1.29 is 29.6 Å². The third kappa shape index (κ3) is 5.16. The summed E-state index contributed by atoms with van der Waals surface area (Å²) in [5.41, 5.74) is 0.183. The number of ether oxygens (including phenoxy) is 1. The predicted octanol–water partition coefficient (Wildman–Crippen LogP) is 4.29. The lowest BCUT2D eigenvalue weighted by atomic mass is 9.69. The fourth-order valence-corrected chi connectivity index (χ4v) is 8.47. The van der Waals surface area contributed by atoms with E-state index >= 15 is 0 Å². The van der Waals surface area contributed by atoms with E-state index in [0.717, 1.165) is 49.3 Å². The zero-order valence-corrected chi connectivity index (χ0v) is 21.3. The first-order valence-corrected chi connectivity index (χ1v) is 14.0. The number of rotatable bonds is 3. The summed E-state index contributed by atoms with van der Waals surface area (Å²) in [5.74, 6) is 2.37. The molecule has 2 atom stereocenters. The van der Waals surface area contributed by atoms with Crippen molar-refractivity contribution in [2.45, 2.75) is 80.5 Å². The number of fused-ring (bicyclic) bond motifs is 1. The van der Waals surface area contributed by atoms with Gasteiger partial charge in [-0.3, -0.25) is 4.79 Å². The van der Waals surface area contributed by atoms with E-state index in [1.54, 1.807) is 6.07 Å². The number of phenolic OH excluding ortho intramolecular Hbond substituents is 1. The largest absolute Gasteiger partial charge is 0.507 e. The smallest absolute Gasteiger partial charge is 0.319 e. The number of aliphatic hydroxyl groups excluding tert-OH is 2. The molecule has 2 amide bonds. The maximum Gasteiger partial charge on any atom is 0.319 e. The van der Waals surface area contributed by atoms with Crippen LogP contribution in [-0.2, 0) is 4.79 Å². The van der Waals surface area contributed by atoms with Crippen LogP contribution < -0.4 is 15.4 Å². The second kappa shape index (κ2) is 10.2. The highest BCUT2D eigenvalue weighted by Crippen LogP contribution is 2.59. The van der Waals surface area contributed by atoms with Crippen molar-refractivity contribution >= 4 is 35.5 Å². The van der Waals surface area contributed by atoms with Gasteiger partial charge in [-0.1, -0.05) is 43.3 Å². The molecule has 0 radical (unpaired) electrons. The molecule has 10 heteroatoms. The topological polar surface area (TPSA) is 128 Å². The van der Waals surface area contributed by atoms with E-state index in [9.17, 15) is 24.9 Å². The molecule has 1 aromatic rings. The lowest BCUT2D eigenvalue weighted by Crippen LogP contribution is -2.56.